The number of rotatable bonds is 9. The van der Waals surface area contributed by atoms with Crippen LogP contribution in [0, 0.1) is 0 Å². The second-order valence-electron chi connectivity index (χ2n) is 10.7. The van der Waals surface area contributed by atoms with Crippen LogP contribution < -0.4 is 0 Å². The van der Waals surface area contributed by atoms with Crippen LogP contribution in [0.1, 0.15) is 27.8 Å². The molecule has 3 aromatic carbocycles. The van der Waals surface area contributed by atoms with E-state index >= 15 is 0 Å². The molecule has 5 aromatic rings. The molecule has 0 radical (unpaired) electrons. The quantitative estimate of drug-likeness (QED) is 0.247. The molecule has 6 rings (SSSR count). The maximum absolute atomic E-state index is 14.4. The van der Waals surface area contributed by atoms with Crippen LogP contribution in [-0.2, 0) is 42.6 Å². The molecule has 2 amide bonds. The summed E-state index contributed by atoms with van der Waals surface area (Å²) in [6.07, 6.45) is 11.2. The maximum Gasteiger partial charge on any atom is 0.247 e. The van der Waals surface area contributed by atoms with Crippen LogP contribution in [0.4, 0.5) is 0 Å². The summed E-state index contributed by atoms with van der Waals surface area (Å²) >= 11 is 0. The molecular formula is C34H33N7O2. The summed E-state index contributed by atoms with van der Waals surface area (Å²) < 4.78 is 3.37. The number of hydrogen-bond donors (Lipinski definition) is 0. The number of benzene rings is 3. The third-order valence-corrected chi connectivity index (χ3v) is 7.77. The van der Waals surface area contributed by atoms with E-state index in [1.165, 1.54) is 18.0 Å². The van der Waals surface area contributed by atoms with Gasteiger partial charge >= 0.3 is 0 Å². The van der Waals surface area contributed by atoms with E-state index in [2.05, 4.69) is 27.3 Å². The molecule has 0 unspecified atom stereocenters. The second-order valence-corrected chi connectivity index (χ2v) is 10.7. The molecule has 0 saturated carbocycles. The Morgan fingerprint density at radius 1 is 0.930 bits per heavy atom. The van der Waals surface area contributed by atoms with Gasteiger partial charge in [-0.25, -0.2) is 9.67 Å². The van der Waals surface area contributed by atoms with Crippen molar-refractivity contribution in [1.29, 1.82) is 0 Å². The highest BCUT2D eigenvalue weighted by atomic mass is 16.2. The molecule has 1 atom stereocenters. The van der Waals surface area contributed by atoms with E-state index in [9.17, 15) is 9.59 Å². The number of hydrogen-bond acceptors (Lipinski definition) is 5. The van der Waals surface area contributed by atoms with Crippen molar-refractivity contribution < 1.29 is 9.59 Å². The summed E-state index contributed by atoms with van der Waals surface area (Å²) in [4.78, 5) is 36.1. The minimum absolute atomic E-state index is 0.0549. The maximum atomic E-state index is 14.4. The Morgan fingerprint density at radius 2 is 1.70 bits per heavy atom. The Kier molecular flexibility index (Phi) is 8.21. The third kappa shape index (κ3) is 6.62. The molecule has 0 bridgehead atoms. The molecule has 1 aliphatic rings. The summed E-state index contributed by atoms with van der Waals surface area (Å²) in [7, 11) is 1.83. The number of nitrogens with zero attached hydrogens (tertiary/aromatic N) is 7. The first-order valence-electron chi connectivity index (χ1n) is 14.3. The SMILES string of the molecule is Cn1cc(C=CC(=O)N(Cc2ccc(-n3cncn3)cc2)[C@@H](Cc2ccccc2)C(=O)N2CCc3ccccc3C2)cn1. The predicted octanol–water partition coefficient (Wildman–Crippen LogP) is 4.24. The normalized spacial score (nSPS) is 13.6. The van der Waals surface area contributed by atoms with Crippen LogP contribution in [0.2, 0.25) is 0 Å². The van der Waals surface area contributed by atoms with Crippen LogP contribution in [0.5, 0.6) is 0 Å². The number of aryl methyl sites for hydroxylation is 1. The van der Waals surface area contributed by atoms with Gasteiger partial charge in [-0.15, -0.1) is 0 Å². The van der Waals surface area contributed by atoms with Gasteiger partial charge in [-0.2, -0.15) is 10.2 Å². The van der Waals surface area contributed by atoms with Gasteiger partial charge in [0.2, 0.25) is 11.8 Å². The molecule has 1 aliphatic heterocycles. The first-order valence-corrected chi connectivity index (χ1v) is 14.3. The van der Waals surface area contributed by atoms with Crippen LogP contribution in [0.3, 0.4) is 0 Å². The van der Waals surface area contributed by atoms with Crippen molar-refractivity contribution in [2.24, 2.45) is 7.05 Å². The Morgan fingerprint density at radius 3 is 2.42 bits per heavy atom. The monoisotopic (exact) mass is 571 g/mol. The van der Waals surface area contributed by atoms with Gasteiger partial charge in [0, 0.05) is 50.9 Å². The average Bonchev–Trinajstić information content (AvgIpc) is 3.74. The zero-order valence-corrected chi connectivity index (χ0v) is 24.0. The first kappa shape index (κ1) is 27.8. The van der Waals surface area contributed by atoms with E-state index < -0.39 is 6.04 Å². The average molecular weight is 572 g/mol. The van der Waals surface area contributed by atoms with Crippen molar-refractivity contribution in [3.8, 4) is 5.69 Å². The molecule has 2 aromatic heterocycles. The summed E-state index contributed by atoms with van der Waals surface area (Å²) in [6, 6.07) is 25.3. The smallest absolute Gasteiger partial charge is 0.247 e. The highest BCUT2D eigenvalue weighted by Crippen LogP contribution is 2.23. The molecule has 0 aliphatic carbocycles. The van der Waals surface area contributed by atoms with Gasteiger partial charge in [-0.3, -0.25) is 14.3 Å². The lowest BCUT2D eigenvalue weighted by Gasteiger charge is -2.37. The van der Waals surface area contributed by atoms with Crippen molar-refractivity contribution in [2.75, 3.05) is 6.54 Å². The van der Waals surface area contributed by atoms with Crippen molar-refractivity contribution >= 4 is 17.9 Å². The van der Waals surface area contributed by atoms with Gasteiger partial charge in [0.25, 0.3) is 0 Å². The third-order valence-electron chi connectivity index (χ3n) is 7.77. The predicted molar refractivity (Wildman–Crippen MR) is 164 cm³/mol. The van der Waals surface area contributed by atoms with Crippen molar-refractivity contribution in [3.05, 3.63) is 138 Å². The number of amides is 2. The molecule has 9 nitrogen and oxygen atoms in total. The Bertz CT molecular complexity index is 1710. The zero-order chi connectivity index (χ0) is 29.6. The summed E-state index contributed by atoms with van der Waals surface area (Å²) in [6.45, 7) is 1.41. The van der Waals surface area contributed by atoms with Gasteiger partial charge in [0.15, 0.2) is 0 Å². The Labute approximate surface area is 250 Å². The molecule has 0 fully saturated rings. The van der Waals surface area contributed by atoms with Gasteiger partial charge in [-0.1, -0.05) is 66.7 Å². The number of aromatic nitrogens is 5. The molecule has 3 heterocycles. The Hall–Kier alpha value is -5.31. The zero-order valence-electron chi connectivity index (χ0n) is 24.0. The minimum Gasteiger partial charge on any atom is -0.336 e. The number of carbonyl (C=O) groups excluding carboxylic acids is 2. The molecule has 0 spiro atoms. The summed E-state index contributed by atoms with van der Waals surface area (Å²) in [5.74, 6) is -0.295. The second kappa shape index (κ2) is 12.7. The van der Waals surface area contributed by atoms with Crippen LogP contribution >= 0.6 is 0 Å². The van der Waals surface area contributed by atoms with E-state index in [1.807, 2.05) is 84.9 Å². The van der Waals surface area contributed by atoms with E-state index in [-0.39, 0.29) is 18.4 Å². The van der Waals surface area contributed by atoms with E-state index in [1.54, 1.807) is 32.9 Å². The van der Waals surface area contributed by atoms with Gasteiger partial charge in [0.05, 0.1) is 11.9 Å². The molecule has 9 heteroatoms. The molecule has 216 valence electrons. The Balaban J connectivity index is 1.34. The van der Waals surface area contributed by atoms with Crippen LogP contribution in [-0.4, -0.2) is 58.7 Å². The van der Waals surface area contributed by atoms with Crippen molar-refractivity contribution in [3.63, 3.8) is 0 Å². The standard InChI is InChI=1S/C34H33N7O2/c1-38-21-28(20-36-38)13-16-33(42)40(22-27-11-14-31(15-12-27)41-25-35-24-37-41)32(19-26-7-3-2-4-8-26)34(43)39-18-17-29-9-5-6-10-30(29)23-39/h2-16,20-21,24-25,32H,17-19,22-23H2,1H3/t32-/m0/s1. The highest BCUT2D eigenvalue weighted by molar-refractivity contribution is 5.95. The fraction of sp³-hybridized carbons (Fsp3) is 0.206. The van der Waals surface area contributed by atoms with Crippen molar-refractivity contribution in [2.45, 2.75) is 32.0 Å². The van der Waals surface area contributed by atoms with E-state index in [0.717, 1.165) is 34.4 Å². The summed E-state index contributed by atoms with van der Waals surface area (Å²) in [5, 5.41) is 8.40. The minimum atomic E-state index is -0.700. The fourth-order valence-corrected chi connectivity index (χ4v) is 5.49. The van der Waals surface area contributed by atoms with Gasteiger partial charge in [0.1, 0.15) is 18.7 Å². The van der Waals surface area contributed by atoms with Crippen LogP contribution in [0.15, 0.2) is 110 Å². The molecule has 0 saturated heterocycles. The molecule has 43 heavy (non-hydrogen) atoms. The topological polar surface area (TPSA) is 89.2 Å². The fourth-order valence-electron chi connectivity index (χ4n) is 5.49. The van der Waals surface area contributed by atoms with Crippen LogP contribution in [0.25, 0.3) is 11.8 Å². The highest BCUT2D eigenvalue weighted by Gasteiger charge is 2.34. The van der Waals surface area contributed by atoms with Gasteiger partial charge < -0.3 is 9.80 Å². The van der Waals surface area contributed by atoms with E-state index in [0.29, 0.717) is 19.5 Å². The number of carbonyl (C=O) groups is 2. The van der Waals surface area contributed by atoms with Gasteiger partial charge in [-0.05, 0) is 46.9 Å². The summed E-state index contributed by atoms with van der Waals surface area (Å²) in [5.41, 5.74) is 5.99. The lowest BCUT2D eigenvalue weighted by Crippen LogP contribution is -2.52. The van der Waals surface area contributed by atoms with Crippen molar-refractivity contribution in [1.82, 2.24) is 34.3 Å². The largest absolute Gasteiger partial charge is 0.336 e. The molecule has 0 N–H and O–H groups in total. The first-order chi connectivity index (χ1) is 21.0. The lowest BCUT2D eigenvalue weighted by atomic mass is 9.97. The van der Waals surface area contributed by atoms with E-state index in [4.69, 9.17) is 0 Å². The number of fused-ring (bicyclic) bond motifs is 1. The molecular weight excluding hydrogens is 538 g/mol. The lowest BCUT2D eigenvalue weighted by molar-refractivity contribution is -0.144.